The van der Waals surface area contributed by atoms with E-state index < -0.39 is 0 Å². The summed E-state index contributed by atoms with van der Waals surface area (Å²) >= 11 is 3.61. The van der Waals surface area contributed by atoms with Crippen LogP contribution in [0.3, 0.4) is 0 Å². The zero-order valence-corrected chi connectivity index (χ0v) is 14.3. The second kappa shape index (κ2) is 8.23. The van der Waals surface area contributed by atoms with E-state index in [0.29, 0.717) is 18.4 Å². The molecule has 0 aromatic heterocycles. The van der Waals surface area contributed by atoms with Crippen molar-refractivity contribution in [3.63, 3.8) is 0 Å². The molecule has 0 amide bonds. The van der Waals surface area contributed by atoms with E-state index in [1.54, 1.807) is 0 Å². The first-order valence-electron chi connectivity index (χ1n) is 7.58. The van der Waals surface area contributed by atoms with Crippen LogP contribution in [0.2, 0.25) is 0 Å². The van der Waals surface area contributed by atoms with Gasteiger partial charge in [0.1, 0.15) is 5.75 Å². The van der Waals surface area contributed by atoms with Gasteiger partial charge in [-0.2, -0.15) is 0 Å². The number of rotatable bonds is 7. The second-order valence-electron chi connectivity index (χ2n) is 5.42. The molecule has 112 valence electrons. The SMILES string of the molecule is CCC(C)c1ccccc1OCC(CBr)c1ccccc1. The van der Waals surface area contributed by atoms with E-state index in [9.17, 15) is 0 Å². The van der Waals surface area contributed by atoms with Gasteiger partial charge in [0.2, 0.25) is 0 Å². The van der Waals surface area contributed by atoms with Crippen molar-refractivity contribution in [1.82, 2.24) is 0 Å². The largest absolute Gasteiger partial charge is 0.493 e. The van der Waals surface area contributed by atoms with Crippen LogP contribution < -0.4 is 4.74 Å². The van der Waals surface area contributed by atoms with Crippen molar-refractivity contribution in [2.75, 3.05) is 11.9 Å². The van der Waals surface area contributed by atoms with Gasteiger partial charge < -0.3 is 4.74 Å². The second-order valence-corrected chi connectivity index (χ2v) is 6.07. The van der Waals surface area contributed by atoms with Crippen molar-refractivity contribution in [3.8, 4) is 5.75 Å². The molecular weight excluding hydrogens is 324 g/mol. The van der Waals surface area contributed by atoms with E-state index in [-0.39, 0.29) is 0 Å². The Morgan fingerprint density at radius 2 is 1.67 bits per heavy atom. The first-order valence-corrected chi connectivity index (χ1v) is 8.71. The molecule has 1 nitrogen and oxygen atoms in total. The topological polar surface area (TPSA) is 9.23 Å². The lowest BCUT2D eigenvalue weighted by Crippen LogP contribution is -2.12. The minimum Gasteiger partial charge on any atom is -0.493 e. The molecule has 2 heteroatoms. The Balaban J connectivity index is 2.08. The zero-order valence-electron chi connectivity index (χ0n) is 12.8. The van der Waals surface area contributed by atoms with Crippen LogP contribution in [-0.4, -0.2) is 11.9 Å². The van der Waals surface area contributed by atoms with Gasteiger partial charge in [-0.3, -0.25) is 0 Å². The molecule has 2 aromatic rings. The van der Waals surface area contributed by atoms with E-state index in [2.05, 4.69) is 72.2 Å². The summed E-state index contributed by atoms with van der Waals surface area (Å²) in [6.07, 6.45) is 1.13. The molecule has 0 aliphatic heterocycles. The number of para-hydroxylation sites is 1. The molecular formula is C19H23BrO. The highest BCUT2D eigenvalue weighted by atomic mass is 79.9. The number of ether oxygens (including phenoxy) is 1. The smallest absolute Gasteiger partial charge is 0.122 e. The van der Waals surface area contributed by atoms with E-state index in [0.717, 1.165) is 17.5 Å². The van der Waals surface area contributed by atoms with Gasteiger partial charge in [-0.15, -0.1) is 0 Å². The lowest BCUT2D eigenvalue weighted by atomic mass is 9.97. The normalized spacial score (nSPS) is 13.7. The maximum absolute atomic E-state index is 6.14. The van der Waals surface area contributed by atoms with Crippen molar-refractivity contribution < 1.29 is 4.74 Å². The summed E-state index contributed by atoms with van der Waals surface area (Å²) in [5.41, 5.74) is 2.62. The van der Waals surface area contributed by atoms with Gasteiger partial charge in [-0.25, -0.2) is 0 Å². The van der Waals surface area contributed by atoms with Crippen LogP contribution in [0.25, 0.3) is 0 Å². The molecule has 0 bridgehead atoms. The van der Waals surface area contributed by atoms with Gasteiger partial charge in [0.25, 0.3) is 0 Å². The van der Waals surface area contributed by atoms with Crippen molar-refractivity contribution in [1.29, 1.82) is 0 Å². The molecule has 0 spiro atoms. The summed E-state index contributed by atoms with van der Waals surface area (Å²) in [6, 6.07) is 18.9. The zero-order chi connectivity index (χ0) is 15.1. The van der Waals surface area contributed by atoms with E-state index in [1.807, 2.05) is 12.1 Å². The Kier molecular flexibility index (Phi) is 6.31. The van der Waals surface area contributed by atoms with Crippen LogP contribution in [0, 0.1) is 0 Å². The maximum atomic E-state index is 6.14. The Labute approximate surface area is 136 Å². The monoisotopic (exact) mass is 346 g/mol. The van der Waals surface area contributed by atoms with Crippen LogP contribution in [0.1, 0.15) is 43.2 Å². The Morgan fingerprint density at radius 1 is 1.00 bits per heavy atom. The molecule has 21 heavy (non-hydrogen) atoms. The van der Waals surface area contributed by atoms with Gasteiger partial charge in [-0.1, -0.05) is 78.3 Å². The Bertz CT molecular complexity index is 538. The number of halogens is 1. The fourth-order valence-electron chi connectivity index (χ4n) is 2.38. The first-order chi connectivity index (χ1) is 10.3. The molecule has 2 rings (SSSR count). The minimum atomic E-state index is 0.371. The van der Waals surface area contributed by atoms with E-state index >= 15 is 0 Å². The van der Waals surface area contributed by atoms with Crippen LogP contribution in [0.5, 0.6) is 5.75 Å². The number of hydrogen-bond donors (Lipinski definition) is 0. The van der Waals surface area contributed by atoms with Crippen molar-refractivity contribution in [2.45, 2.75) is 32.1 Å². The molecule has 0 heterocycles. The standard InChI is InChI=1S/C19H23BrO/c1-3-15(2)18-11-7-8-12-19(18)21-14-17(13-20)16-9-5-4-6-10-16/h4-12,15,17H,3,13-14H2,1-2H3. The average Bonchev–Trinajstić information content (AvgIpc) is 2.56. The minimum absolute atomic E-state index is 0.371. The predicted octanol–water partition coefficient (Wildman–Crippen LogP) is 5.76. The fourth-order valence-corrected chi connectivity index (χ4v) is 2.95. The molecule has 2 atom stereocenters. The summed E-state index contributed by atoms with van der Waals surface area (Å²) < 4.78 is 6.14. The molecule has 2 unspecified atom stereocenters. The van der Waals surface area contributed by atoms with Crippen LogP contribution in [0.15, 0.2) is 54.6 Å². The van der Waals surface area contributed by atoms with Gasteiger partial charge in [0.15, 0.2) is 0 Å². The van der Waals surface area contributed by atoms with Crippen LogP contribution >= 0.6 is 15.9 Å². The summed E-state index contributed by atoms with van der Waals surface area (Å²) in [5.74, 6) is 1.92. The molecule has 0 aliphatic rings. The van der Waals surface area contributed by atoms with Gasteiger partial charge in [0, 0.05) is 11.2 Å². The summed E-state index contributed by atoms with van der Waals surface area (Å²) in [5, 5.41) is 0.905. The number of alkyl halides is 1. The lowest BCUT2D eigenvalue weighted by Gasteiger charge is -2.19. The summed E-state index contributed by atoms with van der Waals surface area (Å²) in [7, 11) is 0. The van der Waals surface area contributed by atoms with E-state index in [1.165, 1.54) is 11.1 Å². The molecule has 2 aromatic carbocycles. The summed E-state index contributed by atoms with van der Waals surface area (Å²) in [6.45, 7) is 5.16. The predicted molar refractivity (Wildman–Crippen MR) is 93.6 cm³/mol. The molecule has 0 radical (unpaired) electrons. The van der Waals surface area contributed by atoms with Crippen molar-refractivity contribution >= 4 is 15.9 Å². The molecule has 0 N–H and O–H groups in total. The third-order valence-corrected chi connectivity index (χ3v) is 4.74. The highest BCUT2D eigenvalue weighted by molar-refractivity contribution is 9.09. The highest BCUT2D eigenvalue weighted by Crippen LogP contribution is 2.29. The molecule has 0 fully saturated rings. The Hall–Kier alpha value is -1.28. The van der Waals surface area contributed by atoms with Crippen LogP contribution in [0.4, 0.5) is 0 Å². The lowest BCUT2D eigenvalue weighted by molar-refractivity contribution is 0.293. The quantitative estimate of drug-likeness (QED) is 0.579. The fraction of sp³-hybridized carbons (Fsp3) is 0.368. The van der Waals surface area contributed by atoms with Crippen molar-refractivity contribution in [3.05, 3.63) is 65.7 Å². The molecule has 0 aliphatic carbocycles. The van der Waals surface area contributed by atoms with Gasteiger partial charge in [-0.05, 0) is 29.5 Å². The number of benzene rings is 2. The van der Waals surface area contributed by atoms with Crippen molar-refractivity contribution in [2.24, 2.45) is 0 Å². The third kappa shape index (κ3) is 4.34. The summed E-state index contributed by atoms with van der Waals surface area (Å²) in [4.78, 5) is 0. The third-order valence-electron chi connectivity index (χ3n) is 3.96. The van der Waals surface area contributed by atoms with Gasteiger partial charge in [0.05, 0.1) is 6.61 Å². The Morgan fingerprint density at radius 3 is 2.33 bits per heavy atom. The average molecular weight is 347 g/mol. The first kappa shape index (κ1) is 16.1. The number of hydrogen-bond acceptors (Lipinski definition) is 1. The highest BCUT2D eigenvalue weighted by Gasteiger charge is 2.14. The molecule has 0 saturated carbocycles. The maximum Gasteiger partial charge on any atom is 0.122 e. The van der Waals surface area contributed by atoms with Crippen LogP contribution in [-0.2, 0) is 0 Å². The van der Waals surface area contributed by atoms with E-state index in [4.69, 9.17) is 4.74 Å². The van der Waals surface area contributed by atoms with Gasteiger partial charge >= 0.3 is 0 Å². The molecule has 0 saturated heterocycles.